The smallest absolute Gasteiger partial charge is 0.409 e. The highest BCUT2D eigenvalue weighted by Gasteiger charge is 2.42. The molecule has 0 bridgehead atoms. The Bertz CT molecular complexity index is 204. The van der Waals surface area contributed by atoms with Crippen LogP contribution in [0.4, 0.5) is 4.79 Å². The molecule has 2 N–H and O–H groups in total. The summed E-state index contributed by atoms with van der Waals surface area (Å²) in [6, 6.07) is 0.241. The number of likely N-dealkylation sites (tertiary alicyclic amines) is 1. The molecular weight excluding hydrogens is 168 g/mol. The van der Waals surface area contributed by atoms with Crippen LogP contribution in [0.25, 0.3) is 0 Å². The van der Waals surface area contributed by atoms with Crippen molar-refractivity contribution in [2.75, 3.05) is 20.2 Å². The van der Waals surface area contributed by atoms with Crippen molar-refractivity contribution in [3.05, 3.63) is 0 Å². The molecule has 0 aromatic carbocycles. The standard InChI is InChI=1S/C9H18N2O2/c1-9(2,6-10)7-4-5-11(7)8(12)13-3/h7H,4-6,10H2,1-3H3. The molecule has 13 heavy (non-hydrogen) atoms. The zero-order valence-electron chi connectivity index (χ0n) is 8.54. The summed E-state index contributed by atoms with van der Waals surface area (Å²) in [5, 5.41) is 0. The summed E-state index contributed by atoms with van der Waals surface area (Å²) >= 11 is 0. The van der Waals surface area contributed by atoms with Gasteiger partial charge in [0.1, 0.15) is 0 Å². The highest BCUT2D eigenvalue weighted by Crippen LogP contribution is 2.33. The molecule has 0 aromatic heterocycles. The van der Waals surface area contributed by atoms with E-state index in [9.17, 15) is 4.79 Å². The molecule has 1 unspecified atom stereocenters. The maximum atomic E-state index is 11.2. The first-order chi connectivity index (χ1) is 6.03. The molecule has 0 radical (unpaired) electrons. The maximum absolute atomic E-state index is 11.2. The van der Waals surface area contributed by atoms with Crippen molar-refractivity contribution in [3.63, 3.8) is 0 Å². The highest BCUT2D eigenvalue weighted by molar-refractivity contribution is 5.69. The molecule has 1 atom stereocenters. The van der Waals surface area contributed by atoms with Crippen LogP contribution in [0.15, 0.2) is 0 Å². The fourth-order valence-corrected chi connectivity index (χ4v) is 1.67. The molecule has 0 aliphatic carbocycles. The van der Waals surface area contributed by atoms with Crippen molar-refractivity contribution in [1.29, 1.82) is 0 Å². The molecule has 1 heterocycles. The van der Waals surface area contributed by atoms with Gasteiger partial charge in [-0.15, -0.1) is 0 Å². The first-order valence-electron chi connectivity index (χ1n) is 4.57. The largest absolute Gasteiger partial charge is 0.453 e. The normalized spacial score (nSPS) is 22.5. The molecule has 1 fully saturated rings. The Morgan fingerprint density at radius 1 is 1.69 bits per heavy atom. The zero-order chi connectivity index (χ0) is 10.1. The lowest BCUT2D eigenvalue weighted by Crippen LogP contribution is -2.59. The number of hydrogen-bond donors (Lipinski definition) is 1. The number of carbonyl (C=O) groups excluding carboxylic acids is 1. The lowest BCUT2D eigenvalue weighted by Gasteiger charge is -2.48. The second-order valence-corrected chi connectivity index (χ2v) is 4.16. The van der Waals surface area contributed by atoms with Crippen LogP contribution in [0.2, 0.25) is 0 Å². The summed E-state index contributed by atoms with van der Waals surface area (Å²) in [5.74, 6) is 0. The molecule has 76 valence electrons. The van der Waals surface area contributed by atoms with E-state index in [1.54, 1.807) is 4.90 Å². The van der Waals surface area contributed by atoms with Crippen molar-refractivity contribution in [3.8, 4) is 0 Å². The van der Waals surface area contributed by atoms with Crippen LogP contribution < -0.4 is 5.73 Å². The molecule has 1 rings (SSSR count). The van der Waals surface area contributed by atoms with Crippen molar-refractivity contribution < 1.29 is 9.53 Å². The van der Waals surface area contributed by atoms with Crippen molar-refractivity contribution >= 4 is 6.09 Å². The van der Waals surface area contributed by atoms with E-state index < -0.39 is 0 Å². The van der Waals surface area contributed by atoms with Gasteiger partial charge in [0.15, 0.2) is 0 Å². The minimum atomic E-state index is -0.238. The van der Waals surface area contributed by atoms with Crippen LogP contribution >= 0.6 is 0 Å². The van der Waals surface area contributed by atoms with Crippen LogP contribution in [0.1, 0.15) is 20.3 Å². The SMILES string of the molecule is COC(=O)N1CCC1C(C)(C)CN. The lowest BCUT2D eigenvalue weighted by atomic mass is 9.78. The van der Waals surface area contributed by atoms with E-state index in [0.29, 0.717) is 6.54 Å². The first-order valence-corrected chi connectivity index (χ1v) is 4.57. The van der Waals surface area contributed by atoms with Crippen LogP contribution in [-0.4, -0.2) is 37.2 Å². The molecule has 4 nitrogen and oxygen atoms in total. The van der Waals surface area contributed by atoms with Gasteiger partial charge in [-0.05, 0) is 18.4 Å². The third-order valence-electron chi connectivity index (χ3n) is 2.86. The predicted octanol–water partition coefficient (Wildman–Crippen LogP) is 0.812. The van der Waals surface area contributed by atoms with Crippen LogP contribution in [0.3, 0.4) is 0 Å². The number of amides is 1. The number of rotatable bonds is 2. The Morgan fingerprint density at radius 3 is 2.62 bits per heavy atom. The fourth-order valence-electron chi connectivity index (χ4n) is 1.67. The van der Waals surface area contributed by atoms with Crippen molar-refractivity contribution in [1.82, 2.24) is 4.90 Å². The summed E-state index contributed by atoms with van der Waals surface area (Å²) in [7, 11) is 1.41. The minimum absolute atomic E-state index is 0.00750. The van der Waals surface area contributed by atoms with Gasteiger partial charge in [-0.2, -0.15) is 0 Å². The van der Waals surface area contributed by atoms with Gasteiger partial charge in [-0.1, -0.05) is 13.8 Å². The van der Waals surface area contributed by atoms with E-state index in [-0.39, 0.29) is 17.6 Å². The predicted molar refractivity (Wildman–Crippen MR) is 50.4 cm³/mol. The van der Waals surface area contributed by atoms with Gasteiger partial charge in [0, 0.05) is 12.6 Å². The van der Waals surface area contributed by atoms with Gasteiger partial charge in [-0.25, -0.2) is 4.79 Å². The summed E-state index contributed by atoms with van der Waals surface area (Å²) < 4.78 is 4.67. The highest BCUT2D eigenvalue weighted by atomic mass is 16.5. The third kappa shape index (κ3) is 1.77. The quantitative estimate of drug-likeness (QED) is 0.694. The molecule has 0 spiro atoms. The zero-order valence-corrected chi connectivity index (χ0v) is 8.54. The van der Waals surface area contributed by atoms with Crippen LogP contribution in [0.5, 0.6) is 0 Å². The summed E-state index contributed by atoms with van der Waals surface area (Å²) in [6.45, 7) is 5.53. The summed E-state index contributed by atoms with van der Waals surface area (Å²) in [5.41, 5.74) is 5.63. The third-order valence-corrected chi connectivity index (χ3v) is 2.86. The van der Waals surface area contributed by atoms with E-state index in [4.69, 9.17) is 5.73 Å². The van der Waals surface area contributed by atoms with Gasteiger partial charge in [0.2, 0.25) is 0 Å². The van der Waals surface area contributed by atoms with E-state index >= 15 is 0 Å². The minimum Gasteiger partial charge on any atom is -0.453 e. The molecule has 1 aliphatic rings. The van der Waals surface area contributed by atoms with Crippen molar-refractivity contribution in [2.45, 2.75) is 26.3 Å². The Hall–Kier alpha value is -0.770. The molecule has 0 saturated carbocycles. The first kappa shape index (κ1) is 10.3. The Morgan fingerprint density at radius 2 is 2.31 bits per heavy atom. The van der Waals surface area contributed by atoms with Gasteiger partial charge < -0.3 is 15.4 Å². The average Bonchev–Trinajstić information content (AvgIpc) is 2.01. The second kappa shape index (κ2) is 3.54. The molecule has 1 saturated heterocycles. The number of nitrogens with zero attached hydrogens (tertiary/aromatic N) is 1. The van der Waals surface area contributed by atoms with Gasteiger partial charge >= 0.3 is 6.09 Å². The number of ether oxygens (including phenoxy) is 1. The number of hydrogen-bond acceptors (Lipinski definition) is 3. The van der Waals surface area contributed by atoms with E-state index in [0.717, 1.165) is 13.0 Å². The Kier molecular flexibility index (Phi) is 2.81. The Labute approximate surface area is 79.0 Å². The monoisotopic (exact) mass is 186 g/mol. The molecule has 1 aliphatic heterocycles. The van der Waals surface area contributed by atoms with Crippen molar-refractivity contribution in [2.24, 2.45) is 11.1 Å². The summed E-state index contributed by atoms with van der Waals surface area (Å²) in [4.78, 5) is 13.0. The summed E-state index contributed by atoms with van der Waals surface area (Å²) in [6.07, 6.45) is 0.789. The number of nitrogens with two attached hydrogens (primary N) is 1. The topological polar surface area (TPSA) is 55.6 Å². The van der Waals surface area contributed by atoms with Crippen LogP contribution in [0, 0.1) is 5.41 Å². The number of carbonyl (C=O) groups is 1. The molecular formula is C9H18N2O2. The Balaban J connectivity index is 2.59. The lowest BCUT2D eigenvalue weighted by molar-refractivity contribution is 0.00833. The second-order valence-electron chi connectivity index (χ2n) is 4.16. The maximum Gasteiger partial charge on any atom is 0.409 e. The van der Waals surface area contributed by atoms with E-state index in [2.05, 4.69) is 18.6 Å². The average molecular weight is 186 g/mol. The van der Waals surface area contributed by atoms with Crippen LogP contribution in [-0.2, 0) is 4.74 Å². The molecule has 4 heteroatoms. The van der Waals surface area contributed by atoms with Gasteiger partial charge in [0.25, 0.3) is 0 Å². The molecule has 1 amide bonds. The number of methoxy groups -OCH3 is 1. The van der Waals surface area contributed by atoms with E-state index in [1.165, 1.54) is 7.11 Å². The van der Waals surface area contributed by atoms with Gasteiger partial charge in [-0.3, -0.25) is 0 Å². The fraction of sp³-hybridized carbons (Fsp3) is 0.889. The van der Waals surface area contributed by atoms with E-state index in [1.807, 2.05) is 0 Å². The molecule has 0 aromatic rings. The van der Waals surface area contributed by atoms with Gasteiger partial charge in [0.05, 0.1) is 7.11 Å².